The number of carbonyl (C=O) groups excluding carboxylic acids is 3. The van der Waals surface area contributed by atoms with Gasteiger partial charge in [-0.05, 0) is 41.4 Å². The van der Waals surface area contributed by atoms with Crippen LogP contribution in [0, 0.1) is 0 Å². The molecule has 0 spiro atoms. The molecule has 0 radical (unpaired) electrons. The lowest BCUT2D eigenvalue weighted by molar-refractivity contribution is -0.122. The normalized spacial score (nSPS) is 11.4. The number of aromatic nitrogens is 1. The summed E-state index contributed by atoms with van der Waals surface area (Å²) in [6, 6.07) is 12.3. The van der Waals surface area contributed by atoms with Crippen molar-refractivity contribution < 1.29 is 28.6 Å². The number of amides is 3. The molecule has 1 aromatic heterocycles. The molecule has 0 saturated heterocycles. The van der Waals surface area contributed by atoms with Crippen molar-refractivity contribution in [1.82, 2.24) is 9.69 Å². The third-order valence-corrected chi connectivity index (χ3v) is 6.10. The molecule has 0 unspecified atom stereocenters. The Morgan fingerprint density at radius 1 is 1.06 bits per heavy atom. The Balaban J connectivity index is 2.19. The molecule has 190 valence electrons. The van der Waals surface area contributed by atoms with Crippen LogP contribution in [0.2, 0.25) is 0 Å². The summed E-state index contributed by atoms with van der Waals surface area (Å²) in [7, 11) is 4.53. The zero-order valence-electron chi connectivity index (χ0n) is 20.0. The number of rotatable bonds is 11. The quantitative estimate of drug-likeness (QED) is 0.328. The van der Waals surface area contributed by atoms with Gasteiger partial charge in [0, 0.05) is 25.4 Å². The molecule has 0 fully saturated rings. The van der Waals surface area contributed by atoms with E-state index in [-0.39, 0.29) is 29.4 Å². The van der Waals surface area contributed by atoms with E-state index in [2.05, 4.69) is 9.69 Å². The molecule has 36 heavy (non-hydrogen) atoms. The van der Waals surface area contributed by atoms with Crippen molar-refractivity contribution in [1.29, 1.82) is 0 Å². The van der Waals surface area contributed by atoms with Gasteiger partial charge in [0.05, 0.1) is 26.5 Å². The van der Waals surface area contributed by atoms with Gasteiger partial charge in [0.1, 0.15) is 22.4 Å². The van der Waals surface area contributed by atoms with E-state index in [1.807, 2.05) is 0 Å². The van der Waals surface area contributed by atoms with Crippen LogP contribution in [0.25, 0.3) is 0 Å². The second kappa shape index (κ2) is 12.0. The second-order valence-corrected chi connectivity index (χ2v) is 8.25. The van der Waals surface area contributed by atoms with Gasteiger partial charge in [-0.3, -0.25) is 19.3 Å². The van der Waals surface area contributed by atoms with Crippen LogP contribution in [0.15, 0.2) is 48.5 Å². The molecule has 1 heterocycles. The summed E-state index contributed by atoms with van der Waals surface area (Å²) in [4.78, 5) is 40.5. The molecule has 1 atom stereocenters. The third kappa shape index (κ3) is 5.73. The average molecular weight is 514 g/mol. The maximum absolute atomic E-state index is 14.0. The van der Waals surface area contributed by atoms with E-state index >= 15 is 0 Å². The molecule has 0 bridgehead atoms. The highest BCUT2D eigenvalue weighted by Crippen LogP contribution is 2.35. The van der Waals surface area contributed by atoms with Gasteiger partial charge in [0.25, 0.3) is 11.8 Å². The average Bonchev–Trinajstić information content (AvgIpc) is 3.28. The molecule has 3 rings (SSSR count). The van der Waals surface area contributed by atoms with Crippen molar-refractivity contribution in [3.8, 4) is 11.5 Å². The first-order valence-corrected chi connectivity index (χ1v) is 11.5. The zero-order chi connectivity index (χ0) is 26.2. The first kappa shape index (κ1) is 26.4. The van der Waals surface area contributed by atoms with Gasteiger partial charge < -0.3 is 31.0 Å². The maximum Gasteiger partial charge on any atom is 0.273 e. The molecule has 5 N–H and O–H groups in total. The number of ether oxygens (including phenoxy) is 3. The molecule has 0 aliphatic heterocycles. The molecular formula is C24H27N5O6S. The minimum atomic E-state index is -1.13. The van der Waals surface area contributed by atoms with Crippen LogP contribution in [0.5, 0.6) is 11.5 Å². The summed E-state index contributed by atoms with van der Waals surface area (Å²) in [5, 5.41) is 2.80. The summed E-state index contributed by atoms with van der Waals surface area (Å²) in [5.74, 6) is -0.928. The maximum atomic E-state index is 14.0. The molecule has 12 heteroatoms. The second-order valence-electron chi connectivity index (χ2n) is 7.47. The fourth-order valence-corrected chi connectivity index (χ4v) is 4.20. The van der Waals surface area contributed by atoms with Crippen LogP contribution >= 0.6 is 11.5 Å². The van der Waals surface area contributed by atoms with Crippen LogP contribution in [-0.2, 0) is 9.53 Å². The van der Waals surface area contributed by atoms with E-state index in [1.165, 1.54) is 26.2 Å². The highest BCUT2D eigenvalue weighted by Gasteiger charge is 2.36. The van der Waals surface area contributed by atoms with Gasteiger partial charge in [0.15, 0.2) is 5.69 Å². The van der Waals surface area contributed by atoms with Crippen LogP contribution in [0.4, 0.5) is 11.4 Å². The van der Waals surface area contributed by atoms with Crippen molar-refractivity contribution in [3.05, 3.63) is 64.7 Å². The van der Waals surface area contributed by atoms with Crippen LogP contribution in [0.1, 0.15) is 31.8 Å². The lowest BCUT2D eigenvalue weighted by Gasteiger charge is -2.31. The smallest absolute Gasteiger partial charge is 0.273 e. The fourth-order valence-electron chi connectivity index (χ4n) is 3.46. The van der Waals surface area contributed by atoms with E-state index in [0.717, 1.165) is 11.5 Å². The van der Waals surface area contributed by atoms with Crippen molar-refractivity contribution >= 4 is 40.6 Å². The Hall–Kier alpha value is -4.16. The Bertz CT molecular complexity index is 1230. The highest BCUT2D eigenvalue weighted by atomic mass is 32.1. The Morgan fingerprint density at radius 2 is 1.75 bits per heavy atom. The molecule has 3 aromatic rings. The highest BCUT2D eigenvalue weighted by molar-refractivity contribution is 7.09. The molecule has 0 aliphatic rings. The molecule has 0 aliphatic carbocycles. The SMILES string of the molecule is COCCNC(=O)[C@H](c1ccc(OC)cc1)N(C(=O)c1snc(C(N)=O)c1N)c1cccc(OC)c1. The summed E-state index contributed by atoms with van der Waals surface area (Å²) in [6.07, 6.45) is 0. The van der Waals surface area contributed by atoms with Gasteiger partial charge in [-0.1, -0.05) is 18.2 Å². The van der Waals surface area contributed by atoms with Gasteiger partial charge in [-0.25, -0.2) is 0 Å². The number of primary amides is 1. The molecule has 3 amide bonds. The summed E-state index contributed by atoms with van der Waals surface area (Å²) in [6.45, 7) is 0.495. The minimum Gasteiger partial charge on any atom is -0.497 e. The van der Waals surface area contributed by atoms with E-state index in [1.54, 1.807) is 48.5 Å². The third-order valence-electron chi connectivity index (χ3n) is 5.25. The first-order valence-electron chi connectivity index (χ1n) is 10.8. The number of methoxy groups -OCH3 is 3. The van der Waals surface area contributed by atoms with Gasteiger partial charge in [-0.2, -0.15) is 4.37 Å². The van der Waals surface area contributed by atoms with Gasteiger partial charge in [-0.15, -0.1) is 0 Å². The molecule has 0 saturated carbocycles. The van der Waals surface area contributed by atoms with E-state index in [0.29, 0.717) is 22.7 Å². The summed E-state index contributed by atoms with van der Waals surface area (Å²) >= 11 is 0.727. The Morgan fingerprint density at radius 3 is 2.33 bits per heavy atom. The number of nitrogens with one attached hydrogen (secondary N) is 1. The lowest BCUT2D eigenvalue weighted by atomic mass is 10.0. The van der Waals surface area contributed by atoms with Crippen molar-refractivity contribution in [2.75, 3.05) is 45.1 Å². The predicted octanol–water partition coefficient (Wildman–Crippen LogP) is 1.99. The number of nitrogen functional groups attached to an aromatic ring is 1. The molecule has 2 aromatic carbocycles. The number of hydrogen-bond donors (Lipinski definition) is 3. The Kier molecular flexibility index (Phi) is 8.81. The van der Waals surface area contributed by atoms with Crippen LogP contribution in [-0.4, -0.2) is 56.6 Å². The molecule has 11 nitrogen and oxygen atoms in total. The lowest BCUT2D eigenvalue weighted by Crippen LogP contribution is -2.44. The molecular weight excluding hydrogens is 486 g/mol. The van der Waals surface area contributed by atoms with E-state index in [9.17, 15) is 14.4 Å². The number of anilines is 2. The van der Waals surface area contributed by atoms with E-state index in [4.69, 9.17) is 25.7 Å². The van der Waals surface area contributed by atoms with Crippen molar-refractivity contribution in [2.45, 2.75) is 6.04 Å². The topological polar surface area (TPSA) is 159 Å². The van der Waals surface area contributed by atoms with Crippen molar-refractivity contribution in [3.63, 3.8) is 0 Å². The standard InChI is InChI=1S/C24H27N5O6S/c1-33-12-11-27-23(31)20(14-7-9-16(34-2)10-8-14)29(15-5-4-6-17(13-15)35-3)24(32)21-18(25)19(22(26)30)28-36-21/h4-10,13,20H,11-12,25H2,1-3H3,(H2,26,30)(H,27,31)/t20-/m0/s1. The first-order chi connectivity index (χ1) is 17.3. The summed E-state index contributed by atoms with van der Waals surface area (Å²) in [5.41, 5.74) is 11.9. The zero-order valence-corrected chi connectivity index (χ0v) is 20.8. The number of nitrogens with two attached hydrogens (primary N) is 2. The number of benzene rings is 2. The van der Waals surface area contributed by atoms with Crippen molar-refractivity contribution in [2.24, 2.45) is 5.73 Å². The minimum absolute atomic E-state index is 0.0326. The summed E-state index contributed by atoms with van der Waals surface area (Å²) < 4.78 is 19.6. The van der Waals surface area contributed by atoms with E-state index < -0.39 is 23.8 Å². The monoisotopic (exact) mass is 513 g/mol. The number of carbonyl (C=O) groups is 3. The number of nitrogens with zero attached hydrogens (tertiary/aromatic N) is 2. The number of hydrogen-bond acceptors (Lipinski definition) is 9. The van der Waals surface area contributed by atoms with Crippen LogP contribution in [0.3, 0.4) is 0 Å². The fraction of sp³-hybridized carbons (Fsp3) is 0.250. The Labute approximate surface area is 212 Å². The van der Waals surface area contributed by atoms with Crippen LogP contribution < -0.4 is 31.2 Å². The van der Waals surface area contributed by atoms with Gasteiger partial charge in [0.2, 0.25) is 5.91 Å². The predicted molar refractivity (Wildman–Crippen MR) is 135 cm³/mol. The largest absolute Gasteiger partial charge is 0.497 e. The van der Waals surface area contributed by atoms with Gasteiger partial charge >= 0.3 is 0 Å².